The van der Waals surface area contributed by atoms with Crippen molar-refractivity contribution in [3.05, 3.63) is 82.2 Å². The van der Waals surface area contributed by atoms with Gasteiger partial charge in [-0.1, -0.05) is 29.8 Å². The molecule has 0 aliphatic carbocycles. The number of hydrogen-bond acceptors (Lipinski definition) is 3. The zero-order valence-corrected chi connectivity index (χ0v) is 18.0. The van der Waals surface area contributed by atoms with Gasteiger partial charge in [-0.15, -0.1) is 0 Å². The van der Waals surface area contributed by atoms with Crippen LogP contribution < -0.4 is 10.6 Å². The molecule has 0 spiro atoms. The highest BCUT2D eigenvalue weighted by Crippen LogP contribution is 2.16. The first-order valence-electron chi connectivity index (χ1n) is 10.1. The second kappa shape index (κ2) is 9.39. The van der Waals surface area contributed by atoms with Crippen LogP contribution in [-0.4, -0.2) is 28.1 Å². The summed E-state index contributed by atoms with van der Waals surface area (Å²) in [6.07, 6.45) is 0.213. The summed E-state index contributed by atoms with van der Waals surface area (Å²) in [5.74, 6) is -0.315. The summed E-state index contributed by atoms with van der Waals surface area (Å²) in [6, 6.07) is 15.4. The van der Waals surface area contributed by atoms with Crippen molar-refractivity contribution in [2.24, 2.45) is 0 Å². The molecule has 30 heavy (non-hydrogen) atoms. The van der Waals surface area contributed by atoms with Gasteiger partial charge in [-0.2, -0.15) is 5.10 Å². The average Bonchev–Trinajstić information content (AvgIpc) is 3.01. The molecule has 0 aliphatic rings. The molecule has 0 fully saturated rings. The third-order valence-corrected chi connectivity index (χ3v) is 4.92. The zero-order valence-electron chi connectivity index (χ0n) is 18.0. The van der Waals surface area contributed by atoms with Crippen LogP contribution in [0.15, 0.2) is 48.5 Å². The maximum atomic E-state index is 12.5. The molecule has 0 unspecified atom stereocenters. The van der Waals surface area contributed by atoms with Gasteiger partial charge in [-0.05, 0) is 63.1 Å². The summed E-state index contributed by atoms with van der Waals surface area (Å²) in [6.45, 7) is 8.84. The van der Waals surface area contributed by atoms with E-state index >= 15 is 0 Å². The van der Waals surface area contributed by atoms with Crippen molar-refractivity contribution in [2.75, 3.05) is 11.9 Å². The maximum absolute atomic E-state index is 12.5. The SMILES string of the molecule is Cc1ccc(NC(=O)CCNC(=O)c2cccc(Cn3nc(C)cc3C)c2)c(C)c1. The van der Waals surface area contributed by atoms with Gasteiger partial charge in [0.25, 0.3) is 5.91 Å². The van der Waals surface area contributed by atoms with E-state index in [2.05, 4.69) is 15.7 Å². The summed E-state index contributed by atoms with van der Waals surface area (Å²) >= 11 is 0. The molecular weight excluding hydrogens is 376 g/mol. The monoisotopic (exact) mass is 404 g/mol. The van der Waals surface area contributed by atoms with Crippen molar-refractivity contribution in [3.63, 3.8) is 0 Å². The number of nitrogens with one attached hydrogen (secondary N) is 2. The van der Waals surface area contributed by atoms with Crippen LogP contribution in [0.25, 0.3) is 0 Å². The summed E-state index contributed by atoms with van der Waals surface area (Å²) in [7, 11) is 0. The van der Waals surface area contributed by atoms with Crippen LogP contribution in [0.1, 0.15) is 44.9 Å². The average molecular weight is 405 g/mol. The molecule has 0 radical (unpaired) electrons. The summed E-state index contributed by atoms with van der Waals surface area (Å²) < 4.78 is 1.92. The Kier molecular flexibility index (Phi) is 6.67. The quantitative estimate of drug-likeness (QED) is 0.627. The van der Waals surface area contributed by atoms with Gasteiger partial charge < -0.3 is 10.6 Å². The molecule has 0 aliphatic heterocycles. The van der Waals surface area contributed by atoms with E-state index < -0.39 is 0 Å². The lowest BCUT2D eigenvalue weighted by molar-refractivity contribution is -0.116. The van der Waals surface area contributed by atoms with E-state index in [4.69, 9.17) is 0 Å². The molecule has 3 aromatic rings. The minimum Gasteiger partial charge on any atom is -0.352 e. The highest BCUT2D eigenvalue weighted by atomic mass is 16.2. The van der Waals surface area contributed by atoms with E-state index in [0.29, 0.717) is 12.1 Å². The van der Waals surface area contributed by atoms with E-state index in [-0.39, 0.29) is 24.8 Å². The smallest absolute Gasteiger partial charge is 0.251 e. The number of amides is 2. The molecule has 3 rings (SSSR count). The Morgan fingerprint density at radius 3 is 2.50 bits per heavy atom. The Morgan fingerprint density at radius 2 is 1.80 bits per heavy atom. The van der Waals surface area contributed by atoms with E-state index in [1.54, 1.807) is 6.07 Å². The number of hydrogen-bond donors (Lipinski definition) is 2. The molecule has 1 aromatic heterocycles. The van der Waals surface area contributed by atoms with Crippen LogP contribution in [-0.2, 0) is 11.3 Å². The largest absolute Gasteiger partial charge is 0.352 e. The molecular formula is C24H28N4O2. The van der Waals surface area contributed by atoms with Crippen molar-refractivity contribution >= 4 is 17.5 Å². The highest BCUT2D eigenvalue weighted by Gasteiger charge is 2.10. The van der Waals surface area contributed by atoms with Crippen molar-refractivity contribution in [1.82, 2.24) is 15.1 Å². The van der Waals surface area contributed by atoms with E-state index in [9.17, 15) is 9.59 Å². The highest BCUT2D eigenvalue weighted by molar-refractivity contribution is 5.95. The minimum atomic E-state index is -0.190. The molecule has 2 amide bonds. The van der Waals surface area contributed by atoms with Gasteiger partial charge in [0, 0.05) is 29.9 Å². The number of aryl methyl sites for hydroxylation is 4. The van der Waals surface area contributed by atoms with Crippen LogP contribution in [0.4, 0.5) is 5.69 Å². The van der Waals surface area contributed by atoms with Gasteiger partial charge in [0.05, 0.1) is 12.2 Å². The summed E-state index contributed by atoms with van der Waals surface area (Å²) in [5, 5.41) is 10.2. The molecule has 156 valence electrons. The number of aromatic nitrogens is 2. The molecule has 2 N–H and O–H groups in total. The Hall–Kier alpha value is -3.41. The first-order valence-corrected chi connectivity index (χ1v) is 10.1. The van der Waals surface area contributed by atoms with Gasteiger partial charge in [-0.25, -0.2) is 0 Å². The molecule has 0 saturated carbocycles. The lowest BCUT2D eigenvalue weighted by Crippen LogP contribution is -2.27. The Balaban J connectivity index is 1.52. The van der Waals surface area contributed by atoms with Crippen LogP contribution in [0.5, 0.6) is 0 Å². The molecule has 0 atom stereocenters. The number of anilines is 1. The molecule has 0 saturated heterocycles. The topological polar surface area (TPSA) is 76.0 Å². The van der Waals surface area contributed by atoms with Crippen LogP contribution in [0.3, 0.4) is 0 Å². The predicted octanol–water partition coefficient (Wildman–Crippen LogP) is 3.92. The fourth-order valence-electron chi connectivity index (χ4n) is 3.38. The number of carbonyl (C=O) groups is 2. The number of benzene rings is 2. The molecule has 6 heteroatoms. The number of rotatable bonds is 7. The molecule has 6 nitrogen and oxygen atoms in total. The maximum Gasteiger partial charge on any atom is 0.251 e. The first-order chi connectivity index (χ1) is 14.3. The lowest BCUT2D eigenvalue weighted by atomic mass is 10.1. The number of nitrogens with zero attached hydrogens (tertiary/aromatic N) is 2. The van der Waals surface area contributed by atoms with Gasteiger partial charge in [0.2, 0.25) is 5.91 Å². The van der Waals surface area contributed by atoms with Gasteiger partial charge >= 0.3 is 0 Å². The lowest BCUT2D eigenvalue weighted by Gasteiger charge is -2.10. The van der Waals surface area contributed by atoms with E-state index in [0.717, 1.165) is 33.8 Å². The second-order valence-corrected chi connectivity index (χ2v) is 7.66. The zero-order chi connectivity index (χ0) is 21.7. The predicted molar refractivity (Wildman–Crippen MR) is 119 cm³/mol. The van der Waals surface area contributed by atoms with Gasteiger partial charge in [0.1, 0.15) is 0 Å². The summed E-state index contributed by atoms with van der Waals surface area (Å²) in [4.78, 5) is 24.7. The fourth-order valence-corrected chi connectivity index (χ4v) is 3.38. The van der Waals surface area contributed by atoms with Crippen LogP contribution in [0.2, 0.25) is 0 Å². The van der Waals surface area contributed by atoms with Crippen molar-refractivity contribution in [1.29, 1.82) is 0 Å². The Morgan fingerprint density at radius 1 is 1.00 bits per heavy atom. The standard InChI is InChI=1S/C24H28N4O2/c1-16-8-9-22(17(2)12-16)26-23(29)10-11-25-24(30)21-7-5-6-20(14-21)15-28-19(4)13-18(3)27-28/h5-9,12-14H,10-11,15H2,1-4H3,(H,25,30)(H,26,29). The van der Waals surface area contributed by atoms with Gasteiger partial charge in [-0.3, -0.25) is 14.3 Å². The van der Waals surface area contributed by atoms with Crippen molar-refractivity contribution < 1.29 is 9.59 Å². The van der Waals surface area contributed by atoms with Crippen molar-refractivity contribution in [2.45, 2.75) is 40.7 Å². The van der Waals surface area contributed by atoms with Crippen molar-refractivity contribution in [3.8, 4) is 0 Å². The Labute approximate surface area is 177 Å². The van der Waals surface area contributed by atoms with Crippen LogP contribution >= 0.6 is 0 Å². The van der Waals surface area contributed by atoms with E-state index in [1.807, 2.05) is 74.8 Å². The third kappa shape index (κ3) is 5.56. The van der Waals surface area contributed by atoms with E-state index in [1.165, 1.54) is 0 Å². The minimum absolute atomic E-state index is 0.125. The second-order valence-electron chi connectivity index (χ2n) is 7.66. The molecule has 1 heterocycles. The normalized spacial score (nSPS) is 10.7. The van der Waals surface area contributed by atoms with Gasteiger partial charge in [0.15, 0.2) is 0 Å². The Bertz CT molecular complexity index is 1070. The number of carbonyl (C=O) groups excluding carboxylic acids is 2. The summed E-state index contributed by atoms with van der Waals surface area (Å²) in [5.41, 5.74) is 6.60. The van der Waals surface area contributed by atoms with Crippen LogP contribution in [0, 0.1) is 27.7 Å². The third-order valence-electron chi connectivity index (χ3n) is 4.92. The molecule has 0 bridgehead atoms. The molecule has 2 aromatic carbocycles. The fraction of sp³-hybridized carbons (Fsp3) is 0.292. The first kappa shape index (κ1) is 21.3.